The van der Waals surface area contributed by atoms with Gasteiger partial charge in [-0.2, -0.15) is 0 Å². The maximum Gasteiger partial charge on any atom is 0.271 e. The molecule has 35 heavy (non-hydrogen) atoms. The summed E-state index contributed by atoms with van der Waals surface area (Å²) in [6.07, 6.45) is 0. The van der Waals surface area contributed by atoms with E-state index in [1.54, 1.807) is 13.0 Å². The lowest BCUT2D eigenvalue weighted by Crippen LogP contribution is -2.15. The molecule has 0 aliphatic heterocycles. The third-order valence-electron chi connectivity index (χ3n) is 5.63. The van der Waals surface area contributed by atoms with Crippen molar-refractivity contribution < 1.29 is 9.72 Å². The van der Waals surface area contributed by atoms with E-state index in [1.807, 2.05) is 66.7 Å². The van der Waals surface area contributed by atoms with Crippen LogP contribution in [0.4, 0.5) is 11.4 Å². The standard InChI is InChI=1S/C27H20N4O3S/c1-17-11-13-20(31(33)34)15-23(17)28-24(32)16-35-27-22-14-12-18-7-5-6-10-21(18)25(22)29-26(30-27)19-8-3-2-4-9-19/h2-15H,16H2,1H3,(H,28,32). The number of carbonyl (C=O) groups is 1. The summed E-state index contributed by atoms with van der Waals surface area (Å²) in [4.78, 5) is 33.1. The molecular formula is C27H20N4O3S. The molecule has 0 aliphatic rings. The molecule has 0 saturated heterocycles. The van der Waals surface area contributed by atoms with Crippen molar-refractivity contribution in [3.8, 4) is 11.4 Å². The number of rotatable bonds is 6. The molecule has 1 N–H and O–H groups in total. The van der Waals surface area contributed by atoms with Crippen LogP contribution in [0, 0.1) is 17.0 Å². The molecule has 0 saturated carbocycles. The molecule has 5 rings (SSSR count). The van der Waals surface area contributed by atoms with Crippen molar-refractivity contribution in [1.82, 2.24) is 9.97 Å². The molecule has 172 valence electrons. The van der Waals surface area contributed by atoms with Crippen molar-refractivity contribution in [3.05, 3.63) is 101 Å². The minimum Gasteiger partial charge on any atom is -0.325 e. The lowest BCUT2D eigenvalue weighted by molar-refractivity contribution is -0.384. The van der Waals surface area contributed by atoms with Gasteiger partial charge in [0.1, 0.15) is 5.03 Å². The van der Waals surface area contributed by atoms with Gasteiger partial charge in [0.25, 0.3) is 5.69 Å². The zero-order valence-electron chi connectivity index (χ0n) is 18.8. The molecule has 0 bridgehead atoms. The second kappa shape index (κ2) is 9.52. The van der Waals surface area contributed by atoms with Gasteiger partial charge in [-0.05, 0) is 23.9 Å². The van der Waals surface area contributed by atoms with Crippen molar-refractivity contribution in [3.63, 3.8) is 0 Å². The highest BCUT2D eigenvalue weighted by Crippen LogP contribution is 2.33. The summed E-state index contributed by atoms with van der Waals surface area (Å²) in [5.41, 5.74) is 2.82. The van der Waals surface area contributed by atoms with Crippen LogP contribution in [0.1, 0.15) is 5.56 Å². The summed E-state index contributed by atoms with van der Waals surface area (Å²) >= 11 is 1.31. The van der Waals surface area contributed by atoms with Gasteiger partial charge in [0.15, 0.2) is 5.82 Å². The number of thioether (sulfide) groups is 1. The third-order valence-corrected chi connectivity index (χ3v) is 6.63. The van der Waals surface area contributed by atoms with Crippen LogP contribution in [-0.4, -0.2) is 26.6 Å². The number of amides is 1. The number of anilines is 1. The molecule has 0 fully saturated rings. The molecule has 1 heterocycles. The monoisotopic (exact) mass is 480 g/mol. The van der Waals surface area contributed by atoms with Gasteiger partial charge in [0, 0.05) is 28.5 Å². The van der Waals surface area contributed by atoms with Crippen molar-refractivity contribution in [2.45, 2.75) is 11.9 Å². The lowest BCUT2D eigenvalue weighted by Gasteiger charge is -2.11. The van der Waals surface area contributed by atoms with Crippen molar-refractivity contribution in [1.29, 1.82) is 0 Å². The molecule has 1 aromatic heterocycles. The van der Waals surface area contributed by atoms with Gasteiger partial charge < -0.3 is 5.32 Å². The summed E-state index contributed by atoms with van der Waals surface area (Å²) in [5.74, 6) is 0.411. The quantitative estimate of drug-likeness (QED) is 0.0993. The molecule has 5 aromatic rings. The minimum absolute atomic E-state index is 0.0697. The minimum atomic E-state index is -0.480. The number of aryl methyl sites for hydroxylation is 1. The number of fused-ring (bicyclic) bond motifs is 3. The van der Waals surface area contributed by atoms with E-state index in [0.29, 0.717) is 16.5 Å². The Morgan fingerprint density at radius 3 is 2.51 bits per heavy atom. The number of hydrogen-bond acceptors (Lipinski definition) is 6. The maximum absolute atomic E-state index is 12.8. The number of carbonyl (C=O) groups excluding carboxylic acids is 1. The zero-order chi connectivity index (χ0) is 24.4. The molecule has 0 unspecified atom stereocenters. The van der Waals surface area contributed by atoms with Crippen molar-refractivity contribution in [2.75, 3.05) is 11.1 Å². The van der Waals surface area contributed by atoms with Crippen LogP contribution in [-0.2, 0) is 4.79 Å². The van der Waals surface area contributed by atoms with Crippen LogP contribution in [0.25, 0.3) is 33.1 Å². The predicted octanol–water partition coefficient (Wildman–Crippen LogP) is 6.40. The Hall–Kier alpha value is -4.30. The van der Waals surface area contributed by atoms with Crippen LogP contribution in [0.3, 0.4) is 0 Å². The Labute approximate surface area is 205 Å². The van der Waals surface area contributed by atoms with Gasteiger partial charge in [-0.3, -0.25) is 14.9 Å². The highest BCUT2D eigenvalue weighted by Gasteiger charge is 2.15. The summed E-state index contributed by atoms with van der Waals surface area (Å²) in [5, 5.41) is 17.6. The first-order chi connectivity index (χ1) is 17.0. The van der Waals surface area contributed by atoms with Gasteiger partial charge in [0.2, 0.25) is 5.91 Å². The number of nitro benzene ring substituents is 1. The van der Waals surface area contributed by atoms with E-state index in [9.17, 15) is 14.9 Å². The van der Waals surface area contributed by atoms with Crippen LogP contribution in [0.15, 0.2) is 90.0 Å². The number of nitrogens with one attached hydrogen (secondary N) is 1. The predicted molar refractivity (Wildman–Crippen MR) is 140 cm³/mol. The Morgan fingerprint density at radius 2 is 1.71 bits per heavy atom. The fourth-order valence-electron chi connectivity index (χ4n) is 3.84. The molecule has 8 heteroatoms. The van der Waals surface area contributed by atoms with E-state index in [-0.39, 0.29) is 17.3 Å². The molecule has 4 aromatic carbocycles. The van der Waals surface area contributed by atoms with Gasteiger partial charge in [-0.1, -0.05) is 78.5 Å². The van der Waals surface area contributed by atoms with E-state index in [1.165, 1.54) is 23.9 Å². The molecule has 0 aliphatic carbocycles. The summed E-state index contributed by atoms with van der Waals surface area (Å²) in [6.45, 7) is 1.79. The Morgan fingerprint density at radius 1 is 0.943 bits per heavy atom. The number of nitro groups is 1. The molecule has 0 radical (unpaired) electrons. The lowest BCUT2D eigenvalue weighted by atomic mass is 10.1. The number of aromatic nitrogens is 2. The SMILES string of the molecule is Cc1ccc([N+](=O)[O-])cc1NC(=O)CSc1nc(-c2ccccc2)nc2c1ccc1ccccc12. The Bertz CT molecular complexity index is 1590. The first kappa shape index (κ1) is 22.5. The fraction of sp³-hybridized carbons (Fsp3) is 0.0741. The third kappa shape index (κ3) is 4.69. The first-order valence-corrected chi connectivity index (χ1v) is 11.9. The van der Waals surface area contributed by atoms with E-state index in [4.69, 9.17) is 9.97 Å². The second-order valence-corrected chi connectivity index (χ2v) is 8.96. The summed E-state index contributed by atoms with van der Waals surface area (Å²) in [6, 6.07) is 26.2. The number of hydrogen-bond donors (Lipinski definition) is 1. The molecule has 7 nitrogen and oxygen atoms in total. The topological polar surface area (TPSA) is 98.0 Å². The van der Waals surface area contributed by atoms with Crippen LogP contribution in [0.5, 0.6) is 0 Å². The first-order valence-electron chi connectivity index (χ1n) is 10.9. The van der Waals surface area contributed by atoms with Gasteiger partial charge in [-0.15, -0.1) is 0 Å². The van der Waals surface area contributed by atoms with E-state index in [2.05, 4.69) is 5.32 Å². The second-order valence-electron chi connectivity index (χ2n) is 7.99. The van der Waals surface area contributed by atoms with Gasteiger partial charge >= 0.3 is 0 Å². The molecular weight excluding hydrogens is 460 g/mol. The smallest absolute Gasteiger partial charge is 0.271 e. The number of nitrogens with zero attached hydrogens (tertiary/aromatic N) is 3. The highest BCUT2D eigenvalue weighted by atomic mass is 32.2. The van der Waals surface area contributed by atoms with Crippen molar-refractivity contribution >= 4 is 50.7 Å². The average Bonchev–Trinajstić information content (AvgIpc) is 2.88. The van der Waals surface area contributed by atoms with Crippen molar-refractivity contribution in [2.24, 2.45) is 0 Å². The normalized spacial score (nSPS) is 11.0. The molecule has 0 spiro atoms. The van der Waals surface area contributed by atoms with E-state index < -0.39 is 4.92 Å². The molecule has 1 amide bonds. The maximum atomic E-state index is 12.8. The highest BCUT2D eigenvalue weighted by molar-refractivity contribution is 8.00. The number of benzene rings is 4. The van der Waals surface area contributed by atoms with E-state index >= 15 is 0 Å². The van der Waals surface area contributed by atoms with Gasteiger partial charge in [-0.25, -0.2) is 9.97 Å². The van der Waals surface area contributed by atoms with E-state index in [0.717, 1.165) is 32.8 Å². The summed E-state index contributed by atoms with van der Waals surface area (Å²) < 4.78 is 0. The van der Waals surface area contributed by atoms with Crippen LogP contribution in [0.2, 0.25) is 0 Å². The zero-order valence-corrected chi connectivity index (χ0v) is 19.6. The Kier molecular flexibility index (Phi) is 6.12. The number of non-ortho nitro benzene ring substituents is 1. The Balaban J connectivity index is 1.49. The molecule has 0 atom stereocenters. The average molecular weight is 481 g/mol. The fourth-order valence-corrected chi connectivity index (χ4v) is 4.65. The van der Waals surface area contributed by atoms with Crippen LogP contribution < -0.4 is 5.32 Å². The van der Waals surface area contributed by atoms with Crippen LogP contribution >= 0.6 is 11.8 Å². The largest absolute Gasteiger partial charge is 0.325 e. The summed E-state index contributed by atoms with van der Waals surface area (Å²) in [7, 11) is 0. The van der Waals surface area contributed by atoms with Gasteiger partial charge in [0.05, 0.1) is 21.9 Å².